The van der Waals surface area contributed by atoms with Crippen LogP contribution in [-0.4, -0.2) is 11.6 Å². The van der Waals surface area contributed by atoms with Gasteiger partial charge in [-0.05, 0) is 23.7 Å². The number of ketones is 2. The van der Waals surface area contributed by atoms with Gasteiger partial charge in [0.15, 0.2) is 0 Å². The van der Waals surface area contributed by atoms with Gasteiger partial charge in [0.1, 0.15) is 11.6 Å². The Morgan fingerprint density at radius 1 is 0.680 bits per heavy atom. The Labute approximate surface area is 158 Å². The van der Waals surface area contributed by atoms with Gasteiger partial charge < -0.3 is 0 Å². The van der Waals surface area contributed by atoms with E-state index in [2.05, 4.69) is 41.5 Å². The third kappa shape index (κ3) is 15.3. The van der Waals surface area contributed by atoms with Crippen molar-refractivity contribution in [2.24, 2.45) is 27.6 Å². The first-order chi connectivity index (χ1) is 10.7. The second-order valence-electron chi connectivity index (χ2n) is 12.0. The fourth-order valence-electron chi connectivity index (χ4n) is 2.61. The first-order valence-electron chi connectivity index (χ1n) is 9.74. The van der Waals surface area contributed by atoms with E-state index in [0.717, 1.165) is 12.8 Å². The molecule has 0 saturated heterocycles. The van der Waals surface area contributed by atoms with E-state index in [4.69, 9.17) is 0 Å². The standard InChI is InChI=1S/C12H24O.C11H22O/c1-9(8-11(2,3)4)10(13)12(5,6)7;1-10(2,3)8-7-9(12)11(4,5)6/h9H,8H2,1-7H3;7-8H2,1-6H3/t9-;/m1./s1. The molecule has 2 nitrogen and oxygen atoms in total. The van der Waals surface area contributed by atoms with Gasteiger partial charge in [0.25, 0.3) is 0 Å². The number of hydrogen-bond acceptors (Lipinski definition) is 2. The van der Waals surface area contributed by atoms with Crippen LogP contribution in [0.5, 0.6) is 0 Å². The van der Waals surface area contributed by atoms with E-state index in [1.807, 2.05) is 48.5 Å². The van der Waals surface area contributed by atoms with Crippen molar-refractivity contribution in [3.63, 3.8) is 0 Å². The van der Waals surface area contributed by atoms with Gasteiger partial charge >= 0.3 is 0 Å². The summed E-state index contributed by atoms with van der Waals surface area (Å²) in [6.07, 6.45) is 2.68. The summed E-state index contributed by atoms with van der Waals surface area (Å²) in [6.45, 7) is 27.0. The smallest absolute Gasteiger partial charge is 0.141 e. The first-order valence-corrected chi connectivity index (χ1v) is 9.74. The molecule has 0 aromatic rings. The Balaban J connectivity index is 0. The average Bonchev–Trinajstić information content (AvgIpc) is 2.30. The van der Waals surface area contributed by atoms with Crippen molar-refractivity contribution in [1.29, 1.82) is 0 Å². The summed E-state index contributed by atoms with van der Waals surface area (Å²) in [6, 6.07) is 0. The van der Waals surface area contributed by atoms with Gasteiger partial charge in [-0.25, -0.2) is 0 Å². The van der Waals surface area contributed by atoms with Crippen LogP contribution >= 0.6 is 0 Å². The Morgan fingerprint density at radius 2 is 1.08 bits per heavy atom. The summed E-state index contributed by atoms with van der Waals surface area (Å²) >= 11 is 0. The van der Waals surface area contributed by atoms with Crippen molar-refractivity contribution in [2.45, 2.75) is 109 Å². The van der Waals surface area contributed by atoms with E-state index >= 15 is 0 Å². The lowest BCUT2D eigenvalue weighted by atomic mass is 9.77. The molecule has 0 unspecified atom stereocenters. The third-order valence-corrected chi connectivity index (χ3v) is 4.04. The molecular weight excluding hydrogens is 308 g/mol. The number of Topliss-reactive ketones (excluding diaryl/α,β-unsaturated/α-hetero) is 2. The molecule has 0 fully saturated rings. The summed E-state index contributed by atoms with van der Waals surface area (Å²) in [7, 11) is 0. The van der Waals surface area contributed by atoms with Crippen LogP contribution < -0.4 is 0 Å². The highest BCUT2D eigenvalue weighted by atomic mass is 16.1. The normalized spacial score (nSPS) is 14.4. The lowest BCUT2D eigenvalue weighted by Crippen LogP contribution is -2.29. The fraction of sp³-hybridized carbons (Fsp3) is 0.913. The Hall–Kier alpha value is -0.660. The Morgan fingerprint density at radius 3 is 1.32 bits per heavy atom. The van der Waals surface area contributed by atoms with Crippen LogP contribution in [0.3, 0.4) is 0 Å². The zero-order valence-corrected chi connectivity index (χ0v) is 19.5. The van der Waals surface area contributed by atoms with Gasteiger partial charge in [0.2, 0.25) is 0 Å². The van der Waals surface area contributed by atoms with Crippen LogP contribution in [0.4, 0.5) is 0 Å². The Kier molecular flexibility index (Phi) is 9.91. The van der Waals surface area contributed by atoms with E-state index in [-0.39, 0.29) is 27.6 Å². The van der Waals surface area contributed by atoms with Gasteiger partial charge in [-0.1, -0.05) is 90.0 Å². The zero-order valence-electron chi connectivity index (χ0n) is 19.5. The monoisotopic (exact) mass is 354 g/mol. The lowest BCUT2D eigenvalue weighted by molar-refractivity contribution is -0.130. The molecule has 0 amide bonds. The van der Waals surface area contributed by atoms with Crippen molar-refractivity contribution in [1.82, 2.24) is 0 Å². The van der Waals surface area contributed by atoms with Crippen molar-refractivity contribution < 1.29 is 9.59 Å². The van der Waals surface area contributed by atoms with Crippen LogP contribution in [-0.2, 0) is 9.59 Å². The van der Waals surface area contributed by atoms with Gasteiger partial charge in [0, 0.05) is 23.2 Å². The molecule has 0 rings (SSSR count). The minimum atomic E-state index is -0.190. The van der Waals surface area contributed by atoms with Crippen molar-refractivity contribution >= 4 is 11.6 Å². The van der Waals surface area contributed by atoms with Gasteiger partial charge in [-0.2, -0.15) is 0 Å². The highest BCUT2D eigenvalue weighted by Gasteiger charge is 2.29. The minimum absolute atomic E-state index is 0.161. The molecule has 0 spiro atoms. The first kappa shape index (κ1) is 26.6. The van der Waals surface area contributed by atoms with Gasteiger partial charge in [-0.15, -0.1) is 0 Å². The summed E-state index contributed by atoms with van der Waals surface area (Å²) in [5, 5.41) is 0. The number of rotatable bonds is 4. The molecule has 0 aromatic carbocycles. The zero-order chi connectivity index (χ0) is 20.9. The van der Waals surface area contributed by atoms with E-state index in [1.165, 1.54) is 0 Å². The number of hydrogen-bond donors (Lipinski definition) is 0. The van der Waals surface area contributed by atoms with Crippen molar-refractivity contribution in [2.75, 3.05) is 0 Å². The molecule has 0 aliphatic rings. The van der Waals surface area contributed by atoms with Crippen LogP contribution in [0.1, 0.15) is 109 Å². The molecule has 1 atom stereocenters. The highest BCUT2D eigenvalue weighted by Crippen LogP contribution is 2.29. The molecule has 2 heteroatoms. The molecule has 150 valence electrons. The predicted octanol–water partition coefficient (Wildman–Crippen LogP) is 7.10. The van der Waals surface area contributed by atoms with Gasteiger partial charge in [-0.3, -0.25) is 9.59 Å². The molecular formula is C23H46O2. The number of carbonyl (C=O) groups excluding carboxylic acids is 2. The maximum absolute atomic E-state index is 11.8. The molecule has 0 aliphatic carbocycles. The number of carbonyl (C=O) groups is 2. The predicted molar refractivity (Wildman–Crippen MR) is 111 cm³/mol. The molecule has 0 aromatic heterocycles. The van der Waals surface area contributed by atoms with Crippen molar-refractivity contribution in [3.05, 3.63) is 0 Å². The fourth-order valence-corrected chi connectivity index (χ4v) is 2.61. The van der Waals surface area contributed by atoms with Crippen molar-refractivity contribution in [3.8, 4) is 0 Å². The van der Waals surface area contributed by atoms with E-state index in [9.17, 15) is 9.59 Å². The molecule has 25 heavy (non-hydrogen) atoms. The highest BCUT2D eigenvalue weighted by molar-refractivity contribution is 5.85. The maximum atomic E-state index is 11.8. The SMILES string of the molecule is CC(C)(C)CCC(=O)C(C)(C)C.C[C@H](CC(C)(C)C)C(=O)C(C)(C)C. The lowest BCUT2D eigenvalue weighted by Gasteiger charge is -2.27. The van der Waals surface area contributed by atoms with Crippen LogP contribution in [0, 0.1) is 27.6 Å². The van der Waals surface area contributed by atoms with E-state index < -0.39 is 0 Å². The topological polar surface area (TPSA) is 34.1 Å². The minimum Gasteiger partial charge on any atom is -0.299 e. The van der Waals surface area contributed by atoms with E-state index in [1.54, 1.807) is 0 Å². The largest absolute Gasteiger partial charge is 0.299 e. The molecule has 0 N–H and O–H groups in total. The molecule has 0 bridgehead atoms. The molecule has 0 heterocycles. The van der Waals surface area contributed by atoms with Crippen LogP contribution in [0.25, 0.3) is 0 Å². The summed E-state index contributed by atoms with van der Waals surface area (Å²) in [4.78, 5) is 23.4. The summed E-state index contributed by atoms with van der Waals surface area (Å²) in [5.74, 6) is 0.930. The third-order valence-electron chi connectivity index (χ3n) is 4.04. The summed E-state index contributed by atoms with van der Waals surface area (Å²) < 4.78 is 0. The molecule has 0 aliphatic heterocycles. The van der Waals surface area contributed by atoms with E-state index in [0.29, 0.717) is 18.0 Å². The molecule has 0 saturated carbocycles. The molecule has 0 radical (unpaired) electrons. The van der Waals surface area contributed by atoms with Gasteiger partial charge in [0.05, 0.1) is 0 Å². The second-order valence-corrected chi connectivity index (χ2v) is 12.0. The Bertz CT molecular complexity index is 417. The maximum Gasteiger partial charge on any atom is 0.141 e. The quantitative estimate of drug-likeness (QED) is 0.539. The second kappa shape index (κ2) is 9.33. The van der Waals surface area contributed by atoms with Crippen LogP contribution in [0.2, 0.25) is 0 Å². The van der Waals surface area contributed by atoms with Crippen LogP contribution in [0.15, 0.2) is 0 Å². The average molecular weight is 355 g/mol. The summed E-state index contributed by atoms with van der Waals surface area (Å²) in [5.41, 5.74) is 0.178.